The van der Waals surface area contributed by atoms with E-state index >= 15 is 0 Å². The molecule has 0 spiro atoms. The quantitative estimate of drug-likeness (QED) is 0.689. The van der Waals surface area contributed by atoms with Crippen molar-refractivity contribution in [3.8, 4) is 11.5 Å². The summed E-state index contributed by atoms with van der Waals surface area (Å²) in [6.07, 6.45) is 3.71. The second-order valence-corrected chi connectivity index (χ2v) is 5.17. The topological polar surface area (TPSA) is 48.1 Å². The van der Waals surface area contributed by atoms with Crippen LogP contribution in [0.1, 0.15) is 11.3 Å². The summed E-state index contributed by atoms with van der Waals surface area (Å²) in [5.41, 5.74) is 7.40. The molecule has 2 N–H and O–H groups in total. The molecule has 98 valence electrons. The molecule has 1 aromatic carbocycles. The number of thioether (sulfide) groups is 1. The molecule has 0 unspecified atom stereocenters. The third kappa shape index (κ3) is 3.05. The number of rotatable bonds is 4. The van der Waals surface area contributed by atoms with E-state index in [1.807, 2.05) is 43.5 Å². The van der Waals surface area contributed by atoms with Crippen LogP contribution < -0.4 is 10.5 Å². The molecule has 5 heteroatoms. The normalized spacial score (nSPS) is 10.2. The summed E-state index contributed by atoms with van der Waals surface area (Å²) < 4.78 is 5.90. The van der Waals surface area contributed by atoms with Gasteiger partial charge in [0.15, 0.2) is 0 Å². The van der Waals surface area contributed by atoms with Gasteiger partial charge < -0.3 is 10.5 Å². The smallest absolute Gasteiger partial charge is 0.148 e. The van der Waals surface area contributed by atoms with E-state index in [4.69, 9.17) is 22.7 Å². The Morgan fingerprint density at radius 1 is 1.26 bits per heavy atom. The van der Waals surface area contributed by atoms with Crippen LogP contribution in [0.4, 0.5) is 0 Å². The Morgan fingerprint density at radius 2 is 2.00 bits per heavy atom. The minimum absolute atomic E-state index is 0.335. The van der Waals surface area contributed by atoms with E-state index in [0.29, 0.717) is 16.5 Å². The van der Waals surface area contributed by atoms with Gasteiger partial charge in [-0.05, 0) is 37.4 Å². The number of nitrogens with two attached hydrogens (primary N) is 1. The lowest BCUT2D eigenvalue weighted by molar-refractivity contribution is 0.473. The molecule has 1 aromatic heterocycles. The predicted molar refractivity (Wildman–Crippen MR) is 83.2 cm³/mol. The third-order valence-electron chi connectivity index (χ3n) is 2.63. The largest absolute Gasteiger partial charge is 0.455 e. The average molecular weight is 290 g/mol. The highest BCUT2D eigenvalue weighted by Crippen LogP contribution is 2.32. The van der Waals surface area contributed by atoms with E-state index in [1.165, 1.54) is 0 Å². The Balaban J connectivity index is 2.46. The Bertz CT molecular complexity index is 614. The molecule has 0 saturated heterocycles. The van der Waals surface area contributed by atoms with Crippen LogP contribution in [0.15, 0.2) is 41.4 Å². The summed E-state index contributed by atoms with van der Waals surface area (Å²) >= 11 is 6.71. The van der Waals surface area contributed by atoms with Gasteiger partial charge in [-0.3, -0.25) is 4.98 Å². The molecule has 0 aliphatic carbocycles. The number of hydrogen-bond donors (Lipinski definition) is 1. The Kier molecular flexibility index (Phi) is 4.39. The van der Waals surface area contributed by atoms with Crippen LogP contribution in [0.25, 0.3) is 0 Å². The van der Waals surface area contributed by atoms with E-state index in [2.05, 4.69) is 4.98 Å². The van der Waals surface area contributed by atoms with E-state index in [0.717, 1.165) is 16.2 Å². The van der Waals surface area contributed by atoms with Crippen LogP contribution in [0.3, 0.4) is 0 Å². The molecular formula is C14H14N2OS2. The SMILES string of the molecule is CSc1cccc(Oc2cccnc2C)c1C(N)=S. The highest BCUT2D eigenvalue weighted by atomic mass is 32.2. The van der Waals surface area contributed by atoms with Crippen LogP contribution >= 0.6 is 24.0 Å². The van der Waals surface area contributed by atoms with Gasteiger partial charge in [0.1, 0.15) is 16.5 Å². The third-order valence-corrected chi connectivity index (χ3v) is 3.62. The molecule has 0 fully saturated rings. The molecule has 0 radical (unpaired) electrons. The van der Waals surface area contributed by atoms with Crippen molar-refractivity contribution < 1.29 is 4.74 Å². The van der Waals surface area contributed by atoms with Crippen molar-refractivity contribution in [2.45, 2.75) is 11.8 Å². The van der Waals surface area contributed by atoms with Gasteiger partial charge in [-0.15, -0.1) is 11.8 Å². The molecule has 0 saturated carbocycles. The summed E-state index contributed by atoms with van der Waals surface area (Å²) in [6.45, 7) is 1.90. The Morgan fingerprint density at radius 3 is 2.63 bits per heavy atom. The van der Waals surface area contributed by atoms with Gasteiger partial charge in [-0.25, -0.2) is 0 Å². The first-order valence-corrected chi connectivity index (χ1v) is 7.33. The predicted octanol–water partition coefficient (Wildman–Crippen LogP) is 3.54. The van der Waals surface area contributed by atoms with Crippen LogP contribution in [0.5, 0.6) is 11.5 Å². The maximum absolute atomic E-state index is 5.90. The van der Waals surface area contributed by atoms with Crippen molar-refractivity contribution in [2.24, 2.45) is 5.73 Å². The standard InChI is InChI=1S/C14H14N2OS2/c1-9-10(6-4-8-16-9)17-11-5-3-7-12(19-2)13(11)14(15)18/h3-8H,1-2H3,(H2,15,18). The molecule has 0 amide bonds. The molecule has 3 nitrogen and oxygen atoms in total. The highest BCUT2D eigenvalue weighted by Gasteiger charge is 2.13. The van der Waals surface area contributed by atoms with E-state index in [9.17, 15) is 0 Å². The van der Waals surface area contributed by atoms with Gasteiger partial charge >= 0.3 is 0 Å². The summed E-state index contributed by atoms with van der Waals surface area (Å²) in [6, 6.07) is 9.47. The summed E-state index contributed by atoms with van der Waals surface area (Å²) in [5.74, 6) is 1.37. The van der Waals surface area contributed by atoms with Gasteiger partial charge in [0.05, 0.1) is 11.3 Å². The number of pyridine rings is 1. The zero-order valence-electron chi connectivity index (χ0n) is 10.7. The zero-order valence-corrected chi connectivity index (χ0v) is 12.3. The summed E-state index contributed by atoms with van der Waals surface area (Å²) in [4.78, 5) is 5.54. The fourth-order valence-electron chi connectivity index (χ4n) is 1.70. The first-order chi connectivity index (χ1) is 9.13. The molecule has 19 heavy (non-hydrogen) atoms. The Labute approximate surface area is 122 Å². The van der Waals surface area contributed by atoms with Crippen molar-refractivity contribution in [3.63, 3.8) is 0 Å². The number of ether oxygens (including phenoxy) is 1. The van der Waals surface area contributed by atoms with Crippen molar-refractivity contribution >= 4 is 29.0 Å². The molecule has 0 atom stereocenters. The van der Waals surface area contributed by atoms with Crippen LogP contribution in [-0.2, 0) is 0 Å². The van der Waals surface area contributed by atoms with E-state index in [1.54, 1.807) is 18.0 Å². The lowest BCUT2D eigenvalue weighted by atomic mass is 10.2. The number of nitrogens with zero attached hydrogens (tertiary/aromatic N) is 1. The lowest BCUT2D eigenvalue weighted by Crippen LogP contribution is -2.12. The number of aryl methyl sites for hydroxylation is 1. The molecule has 0 aliphatic rings. The molecule has 1 heterocycles. The second kappa shape index (κ2) is 6.04. The highest BCUT2D eigenvalue weighted by molar-refractivity contribution is 7.98. The fourth-order valence-corrected chi connectivity index (χ4v) is 2.61. The number of hydrogen-bond acceptors (Lipinski definition) is 4. The van der Waals surface area contributed by atoms with Crippen molar-refractivity contribution in [1.82, 2.24) is 4.98 Å². The monoisotopic (exact) mass is 290 g/mol. The molecule has 2 aromatic rings. The first-order valence-electron chi connectivity index (χ1n) is 5.69. The van der Waals surface area contributed by atoms with Crippen LogP contribution in [0.2, 0.25) is 0 Å². The van der Waals surface area contributed by atoms with E-state index < -0.39 is 0 Å². The zero-order chi connectivity index (χ0) is 13.8. The maximum atomic E-state index is 5.90. The van der Waals surface area contributed by atoms with E-state index in [-0.39, 0.29) is 0 Å². The van der Waals surface area contributed by atoms with Crippen molar-refractivity contribution in [1.29, 1.82) is 0 Å². The average Bonchev–Trinajstić information content (AvgIpc) is 2.40. The number of benzene rings is 1. The van der Waals surface area contributed by atoms with Gasteiger partial charge in [-0.2, -0.15) is 0 Å². The fraction of sp³-hybridized carbons (Fsp3) is 0.143. The first kappa shape index (κ1) is 13.8. The number of aromatic nitrogens is 1. The number of thiocarbonyl (C=S) groups is 1. The molecule has 0 bridgehead atoms. The maximum Gasteiger partial charge on any atom is 0.148 e. The molecular weight excluding hydrogens is 276 g/mol. The molecule has 0 aliphatic heterocycles. The van der Waals surface area contributed by atoms with Crippen molar-refractivity contribution in [2.75, 3.05) is 6.26 Å². The lowest BCUT2D eigenvalue weighted by Gasteiger charge is -2.14. The van der Waals surface area contributed by atoms with Gasteiger partial charge in [0.25, 0.3) is 0 Å². The van der Waals surface area contributed by atoms with Gasteiger partial charge in [-0.1, -0.05) is 18.3 Å². The molecule has 2 rings (SSSR count). The van der Waals surface area contributed by atoms with Crippen LogP contribution in [-0.4, -0.2) is 16.2 Å². The second-order valence-electron chi connectivity index (χ2n) is 3.89. The summed E-state index contributed by atoms with van der Waals surface area (Å²) in [5, 5.41) is 0. The van der Waals surface area contributed by atoms with Gasteiger partial charge in [0.2, 0.25) is 0 Å². The Hall–Kier alpha value is -1.59. The summed E-state index contributed by atoms with van der Waals surface area (Å²) in [7, 11) is 0. The van der Waals surface area contributed by atoms with Gasteiger partial charge in [0, 0.05) is 11.1 Å². The minimum Gasteiger partial charge on any atom is -0.455 e. The van der Waals surface area contributed by atoms with Crippen molar-refractivity contribution in [3.05, 3.63) is 47.8 Å². The minimum atomic E-state index is 0.335. The van der Waals surface area contributed by atoms with Crippen LogP contribution in [0, 0.1) is 6.92 Å².